The van der Waals surface area contributed by atoms with Gasteiger partial charge in [0, 0.05) is 11.4 Å². The van der Waals surface area contributed by atoms with E-state index in [1.165, 1.54) is 4.88 Å². The number of benzene rings is 1. The summed E-state index contributed by atoms with van der Waals surface area (Å²) in [7, 11) is 0. The van der Waals surface area contributed by atoms with E-state index in [1.54, 1.807) is 30.4 Å². The first-order valence-corrected chi connectivity index (χ1v) is 5.66. The lowest BCUT2D eigenvalue weighted by atomic mass is 10.2. The van der Waals surface area contributed by atoms with Gasteiger partial charge in [0.1, 0.15) is 5.82 Å². The number of anilines is 1. The predicted molar refractivity (Wildman–Crippen MR) is 62.8 cm³/mol. The summed E-state index contributed by atoms with van der Waals surface area (Å²) in [5, 5.41) is 5.11. The zero-order chi connectivity index (χ0) is 10.7. The molecule has 0 saturated heterocycles. The molecule has 0 amide bonds. The standard InChI is InChI=1S/C12H12FNS/c1-9-4-2-6-11(12(9)13)14-8-10-5-3-7-15-10/h2-7,14H,8H2,1H3. The Morgan fingerprint density at radius 3 is 2.87 bits per heavy atom. The molecule has 0 bridgehead atoms. The van der Waals surface area contributed by atoms with Crippen molar-refractivity contribution in [1.29, 1.82) is 0 Å². The second kappa shape index (κ2) is 4.45. The van der Waals surface area contributed by atoms with Crippen LogP contribution in [0.2, 0.25) is 0 Å². The molecule has 0 spiro atoms. The lowest BCUT2D eigenvalue weighted by Gasteiger charge is -2.07. The molecule has 1 aromatic carbocycles. The fourth-order valence-electron chi connectivity index (χ4n) is 1.38. The van der Waals surface area contributed by atoms with Gasteiger partial charge in [-0.25, -0.2) is 4.39 Å². The molecule has 1 heterocycles. The van der Waals surface area contributed by atoms with E-state index in [2.05, 4.69) is 5.32 Å². The highest BCUT2D eigenvalue weighted by atomic mass is 32.1. The van der Waals surface area contributed by atoms with E-state index in [1.807, 2.05) is 23.6 Å². The number of hydrogen-bond donors (Lipinski definition) is 1. The molecular formula is C12H12FNS. The first-order valence-electron chi connectivity index (χ1n) is 4.79. The number of thiophene rings is 1. The quantitative estimate of drug-likeness (QED) is 0.831. The van der Waals surface area contributed by atoms with Gasteiger partial charge in [-0.3, -0.25) is 0 Å². The molecule has 1 nitrogen and oxygen atoms in total. The van der Waals surface area contributed by atoms with Crippen molar-refractivity contribution in [2.24, 2.45) is 0 Å². The topological polar surface area (TPSA) is 12.0 Å². The SMILES string of the molecule is Cc1cccc(NCc2cccs2)c1F. The number of halogens is 1. The number of hydrogen-bond acceptors (Lipinski definition) is 2. The fourth-order valence-corrected chi connectivity index (χ4v) is 2.02. The largest absolute Gasteiger partial charge is 0.378 e. The van der Waals surface area contributed by atoms with Crippen LogP contribution in [-0.2, 0) is 6.54 Å². The average Bonchev–Trinajstić information content (AvgIpc) is 2.73. The maximum atomic E-state index is 13.6. The van der Waals surface area contributed by atoms with Crippen LogP contribution in [0.3, 0.4) is 0 Å². The Morgan fingerprint density at radius 1 is 1.27 bits per heavy atom. The van der Waals surface area contributed by atoms with Crippen LogP contribution in [0.1, 0.15) is 10.4 Å². The summed E-state index contributed by atoms with van der Waals surface area (Å²) >= 11 is 1.67. The molecule has 0 aliphatic heterocycles. The van der Waals surface area contributed by atoms with Crippen molar-refractivity contribution in [3.8, 4) is 0 Å². The van der Waals surface area contributed by atoms with Crippen LogP contribution in [-0.4, -0.2) is 0 Å². The Morgan fingerprint density at radius 2 is 2.13 bits per heavy atom. The van der Waals surface area contributed by atoms with Gasteiger partial charge in [0.25, 0.3) is 0 Å². The molecule has 2 aromatic rings. The lowest BCUT2D eigenvalue weighted by Crippen LogP contribution is -2.00. The van der Waals surface area contributed by atoms with Crippen molar-refractivity contribution in [1.82, 2.24) is 0 Å². The van der Waals surface area contributed by atoms with Gasteiger partial charge in [0.05, 0.1) is 5.69 Å². The molecule has 15 heavy (non-hydrogen) atoms. The van der Waals surface area contributed by atoms with Gasteiger partial charge in [-0.2, -0.15) is 0 Å². The van der Waals surface area contributed by atoms with Gasteiger partial charge < -0.3 is 5.32 Å². The minimum Gasteiger partial charge on any atom is -0.378 e. The first-order chi connectivity index (χ1) is 7.27. The summed E-state index contributed by atoms with van der Waals surface area (Å²) in [5.74, 6) is -0.158. The Hall–Kier alpha value is -1.35. The zero-order valence-corrected chi connectivity index (χ0v) is 9.27. The smallest absolute Gasteiger partial charge is 0.149 e. The van der Waals surface area contributed by atoms with Gasteiger partial charge in [-0.1, -0.05) is 18.2 Å². The monoisotopic (exact) mass is 221 g/mol. The molecule has 0 aliphatic rings. The molecule has 78 valence electrons. The molecule has 0 radical (unpaired) electrons. The van der Waals surface area contributed by atoms with Crippen molar-refractivity contribution in [3.05, 3.63) is 52.0 Å². The van der Waals surface area contributed by atoms with Gasteiger partial charge in [-0.15, -0.1) is 11.3 Å². The summed E-state index contributed by atoms with van der Waals surface area (Å²) in [6, 6.07) is 9.41. The van der Waals surface area contributed by atoms with Crippen molar-refractivity contribution in [2.75, 3.05) is 5.32 Å². The maximum absolute atomic E-state index is 13.6. The van der Waals surface area contributed by atoms with E-state index in [0.717, 1.165) is 0 Å². The summed E-state index contributed by atoms with van der Waals surface area (Å²) < 4.78 is 13.6. The normalized spacial score (nSPS) is 10.3. The first kappa shape index (κ1) is 10.2. The van der Waals surface area contributed by atoms with Gasteiger partial charge in [-0.05, 0) is 30.0 Å². The Kier molecular flexibility index (Phi) is 3.02. The van der Waals surface area contributed by atoms with E-state index >= 15 is 0 Å². The van der Waals surface area contributed by atoms with E-state index in [4.69, 9.17) is 0 Å². The van der Waals surface area contributed by atoms with Crippen molar-refractivity contribution in [3.63, 3.8) is 0 Å². The highest BCUT2D eigenvalue weighted by molar-refractivity contribution is 7.09. The Bertz CT molecular complexity index is 437. The molecule has 0 saturated carbocycles. The molecule has 0 fully saturated rings. The summed E-state index contributed by atoms with van der Waals surface area (Å²) in [6.45, 7) is 2.45. The van der Waals surface area contributed by atoms with E-state index in [-0.39, 0.29) is 5.82 Å². The van der Waals surface area contributed by atoms with Crippen molar-refractivity contribution >= 4 is 17.0 Å². The number of nitrogens with one attached hydrogen (secondary N) is 1. The second-order valence-corrected chi connectivity index (χ2v) is 4.40. The van der Waals surface area contributed by atoms with Crippen molar-refractivity contribution in [2.45, 2.75) is 13.5 Å². The molecule has 0 unspecified atom stereocenters. The number of rotatable bonds is 3. The molecule has 1 aromatic heterocycles. The van der Waals surface area contributed by atoms with Crippen molar-refractivity contribution < 1.29 is 4.39 Å². The molecule has 0 atom stereocenters. The van der Waals surface area contributed by atoms with Gasteiger partial charge in [0.15, 0.2) is 0 Å². The molecule has 2 rings (SSSR count). The van der Waals surface area contributed by atoms with Crippen LogP contribution in [0, 0.1) is 12.7 Å². The van der Waals surface area contributed by atoms with Crippen LogP contribution >= 0.6 is 11.3 Å². The maximum Gasteiger partial charge on any atom is 0.149 e. The third-order valence-corrected chi connectivity index (χ3v) is 3.10. The van der Waals surface area contributed by atoms with Crippen LogP contribution in [0.4, 0.5) is 10.1 Å². The average molecular weight is 221 g/mol. The van der Waals surface area contributed by atoms with Crippen LogP contribution in [0.5, 0.6) is 0 Å². The minimum absolute atomic E-state index is 0.158. The van der Waals surface area contributed by atoms with E-state index in [9.17, 15) is 4.39 Å². The third-order valence-electron chi connectivity index (χ3n) is 2.22. The van der Waals surface area contributed by atoms with E-state index in [0.29, 0.717) is 17.8 Å². The Labute approximate surface area is 92.6 Å². The van der Waals surface area contributed by atoms with Gasteiger partial charge >= 0.3 is 0 Å². The lowest BCUT2D eigenvalue weighted by molar-refractivity contribution is 0.621. The van der Waals surface area contributed by atoms with Crippen LogP contribution in [0.25, 0.3) is 0 Å². The summed E-state index contributed by atoms with van der Waals surface area (Å²) in [6.07, 6.45) is 0. The fraction of sp³-hybridized carbons (Fsp3) is 0.167. The van der Waals surface area contributed by atoms with Crippen LogP contribution in [0.15, 0.2) is 35.7 Å². The zero-order valence-electron chi connectivity index (χ0n) is 8.46. The minimum atomic E-state index is -0.158. The highest BCUT2D eigenvalue weighted by Gasteiger charge is 2.03. The predicted octanol–water partition coefficient (Wildman–Crippen LogP) is 3.81. The molecule has 1 N–H and O–H groups in total. The molecule has 0 aliphatic carbocycles. The highest BCUT2D eigenvalue weighted by Crippen LogP contribution is 2.18. The molecule has 3 heteroatoms. The number of aryl methyl sites for hydroxylation is 1. The second-order valence-electron chi connectivity index (χ2n) is 3.37. The summed E-state index contributed by atoms with van der Waals surface area (Å²) in [5.41, 5.74) is 1.24. The third kappa shape index (κ3) is 2.36. The van der Waals surface area contributed by atoms with E-state index < -0.39 is 0 Å². The molecular weight excluding hydrogens is 209 g/mol. The van der Waals surface area contributed by atoms with Gasteiger partial charge in [0.2, 0.25) is 0 Å². The Balaban J connectivity index is 2.08. The summed E-state index contributed by atoms with van der Waals surface area (Å²) in [4.78, 5) is 1.20. The van der Waals surface area contributed by atoms with Crippen LogP contribution < -0.4 is 5.32 Å².